The van der Waals surface area contributed by atoms with Crippen LogP contribution >= 0.6 is 11.6 Å². The molecule has 0 aliphatic carbocycles. The summed E-state index contributed by atoms with van der Waals surface area (Å²) in [4.78, 5) is 19.6. The topological polar surface area (TPSA) is 71.3 Å². The Morgan fingerprint density at radius 2 is 1.78 bits per heavy atom. The van der Waals surface area contributed by atoms with Crippen molar-refractivity contribution in [3.05, 3.63) is 77.6 Å². The highest BCUT2D eigenvalue weighted by atomic mass is 35.5. The van der Waals surface area contributed by atoms with Gasteiger partial charge in [0.2, 0.25) is 17.6 Å². The zero-order chi connectivity index (χ0) is 21.9. The molecule has 0 atom stereocenters. The summed E-state index contributed by atoms with van der Waals surface area (Å²) in [5, 5.41) is 9.98. The second kappa shape index (κ2) is 9.10. The minimum atomic E-state index is -0.00779. The number of carbonyl (C=O) groups excluding carboxylic acids is 1. The van der Waals surface area contributed by atoms with Gasteiger partial charge in [0, 0.05) is 22.6 Å². The Bertz CT molecular complexity index is 1240. The van der Waals surface area contributed by atoms with E-state index >= 15 is 0 Å². The Hall–Kier alpha value is -3.22. The number of hydrogen-bond acceptors (Lipinski definition) is 5. The van der Waals surface area contributed by atoms with E-state index in [0.29, 0.717) is 23.3 Å². The predicted molar refractivity (Wildman–Crippen MR) is 125 cm³/mol. The molecule has 1 aliphatic rings. The average molecular weight is 447 g/mol. The molecule has 0 spiro atoms. The number of nitrogens with one attached hydrogen (secondary N) is 1. The number of likely N-dealkylation sites (tertiary alicyclic amines) is 1. The third-order valence-corrected chi connectivity index (χ3v) is 6.28. The molecule has 7 heteroatoms. The Kier molecular flexibility index (Phi) is 5.88. The number of carbonyl (C=O) groups is 1. The van der Waals surface area contributed by atoms with Crippen molar-refractivity contribution in [3.63, 3.8) is 0 Å². The molecule has 5 rings (SSSR count). The lowest BCUT2D eigenvalue weighted by atomic mass is 9.95. The van der Waals surface area contributed by atoms with Gasteiger partial charge in [-0.2, -0.15) is 4.98 Å². The maximum atomic E-state index is 12.9. The van der Waals surface area contributed by atoms with E-state index in [1.54, 1.807) is 6.07 Å². The largest absolute Gasteiger partial charge is 0.338 e. The number of hydrogen-bond donors (Lipinski definition) is 1. The number of anilines is 1. The number of rotatable bonds is 5. The average Bonchev–Trinajstić information content (AvgIpc) is 3.28. The summed E-state index contributed by atoms with van der Waals surface area (Å²) >= 11 is 6.23. The number of aromatic nitrogens is 2. The first-order chi connectivity index (χ1) is 15.7. The molecule has 162 valence electrons. The molecule has 1 aromatic heterocycles. The minimum Gasteiger partial charge on any atom is -0.338 e. The molecular weight excluding hydrogens is 424 g/mol. The van der Waals surface area contributed by atoms with Crippen LogP contribution in [0.3, 0.4) is 0 Å². The van der Waals surface area contributed by atoms with Crippen molar-refractivity contribution in [1.29, 1.82) is 0 Å². The van der Waals surface area contributed by atoms with Crippen LogP contribution in [0.5, 0.6) is 0 Å². The van der Waals surface area contributed by atoms with Crippen molar-refractivity contribution >= 4 is 34.0 Å². The molecular formula is C25H23ClN4O2. The van der Waals surface area contributed by atoms with Gasteiger partial charge in [-0.25, -0.2) is 0 Å². The first kappa shape index (κ1) is 20.7. The molecule has 1 fully saturated rings. The Morgan fingerprint density at radius 1 is 1.03 bits per heavy atom. The molecule has 0 unspecified atom stereocenters. The van der Waals surface area contributed by atoms with E-state index in [1.165, 1.54) is 0 Å². The summed E-state index contributed by atoms with van der Waals surface area (Å²) < 4.78 is 5.43. The molecule has 3 aromatic carbocycles. The number of amides is 1. The zero-order valence-electron chi connectivity index (χ0n) is 17.5. The van der Waals surface area contributed by atoms with E-state index in [-0.39, 0.29) is 11.8 Å². The summed E-state index contributed by atoms with van der Waals surface area (Å²) in [5.74, 6) is 1.12. The lowest BCUT2D eigenvalue weighted by molar-refractivity contribution is -0.121. The standard InChI is InChI=1S/C25H23ClN4O2/c26-21-10-4-3-9-20(21)24-28-23(32-29-24)16-30-14-12-18(13-15-30)25(31)27-22-11-5-7-17-6-1-2-8-19(17)22/h1-11,18H,12-16H2,(H,27,31). The van der Waals surface area contributed by atoms with Crippen LogP contribution in [0.25, 0.3) is 22.2 Å². The second-order valence-electron chi connectivity index (χ2n) is 8.06. The molecule has 1 saturated heterocycles. The van der Waals surface area contributed by atoms with Crippen LogP contribution in [0.2, 0.25) is 5.02 Å². The molecule has 0 radical (unpaired) electrons. The van der Waals surface area contributed by atoms with E-state index in [2.05, 4.69) is 32.5 Å². The second-order valence-corrected chi connectivity index (χ2v) is 8.47. The van der Waals surface area contributed by atoms with Crippen LogP contribution in [-0.2, 0) is 11.3 Å². The van der Waals surface area contributed by atoms with Crippen molar-refractivity contribution in [2.24, 2.45) is 5.92 Å². The third kappa shape index (κ3) is 4.38. The maximum absolute atomic E-state index is 12.9. The van der Waals surface area contributed by atoms with Crippen LogP contribution in [0.4, 0.5) is 5.69 Å². The van der Waals surface area contributed by atoms with E-state index < -0.39 is 0 Å². The van der Waals surface area contributed by atoms with Crippen LogP contribution in [0.1, 0.15) is 18.7 Å². The fourth-order valence-electron chi connectivity index (χ4n) is 4.18. The number of fused-ring (bicyclic) bond motifs is 1. The first-order valence-corrected chi connectivity index (χ1v) is 11.1. The fraction of sp³-hybridized carbons (Fsp3) is 0.240. The number of piperidine rings is 1. The quantitative estimate of drug-likeness (QED) is 0.444. The molecule has 2 heterocycles. The molecule has 6 nitrogen and oxygen atoms in total. The summed E-state index contributed by atoms with van der Waals surface area (Å²) in [7, 11) is 0. The van der Waals surface area contributed by atoms with E-state index in [9.17, 15) is 4.79 Å². The van der Waals surface area contributed by atoms with Crippen molar-refractivity contribution < 1.29 is 9.32 Å². The maximum Gasteiger partial charge on any atom is 0.241 e. The molecule has 1 amide bonds. The lowest BCUT2D eigenvalue weighted by Gasteiger charge is -2.30. The number of nitrogens with zero attached hydrogens (tertiary/aromatic N) is 3. The van der Waals surface area contributed by atoms with Gasteiger partial charge in [-0.3, -0.25) is 9.69 Å². The Morgan fingerprint density at radius 3 is 2.62 bits per heavy atom. The van der Waals surface area contributed by atoms with Crippen LogP contribution in [-0.4, -0.2) is 34.0 Å². The predicted octanol–water partition coefficient (Wildman–Crippen LogP) is 5.39. The van der Waals surface area contributed by atoms with Crippen molar-refractivity contribution in [3.8, 4) is 11.4 Å². The molecule has 1 aliphatic heterocycles. The zero-order valence-corrected chi connectivity index (χ0v) is 18.3. The van der Waals surface area contributed by atoms with Crippen LogP contribution in [0.15, 0.2) is 71.3 Å². The normalized spacial score (nSPS) is 15.2. The molecule has 1 N–H and O–H groups in total. The van der Waals surface area contributed by atoms with Gasteiger partial charge in [-0.1, -0.05) is 65.3 Å². The number of halogens is 1. The van der Waals surface area contributed by atoms with E-state index in [0.717, 1.165) is 48.0 Å². The van der Waals surface area contributed by atoms with Crippen LogP contribution < -0.4 is 5.32 Å². The van der Waals surface area contributed by atoms with Gasteiger partial charge in [0.15, 0.2) is 0 Å². The van der Waals surface area contributed by atoms with Crippen molar-refractivity contribution in [2.75, 3.05) is 18.4 Å². The van der Waals surface area contributed by atoms with Gasteiger partial charge in [-0.15, -0.1) is 0 Å². The highest BCUT2D eigenvalue weighted by molar-refractivity contribution is 6.33. The third-order valence-electron chi connectivity index (χ3n) is 5.95. The van der Waals surface area contributed by atoms with Crippen molar-refractivity contribution in [2.45, 2.75) is 19.4 Å². The minimum absolute atomic E-state index is 0.00779. The molecule has 4 aromatic rings. The Balaban J connectivity index is 1.18. The van der Waals surface area contributed by atoms with Gasteiger partial charge >= 0.3 is 0 Å². The van der Waals surface area contributed by atoms with Gasteiger partial charge in [0.25, 0.3) is 0 Å². The summed E-state index contributed by atoms with van der Waals surface area (Å²) in [6, 6.07) is 21.5. The summed E-state index contributed by atoms with van der Waals surface area (Å²) in [5.41, 5.74) is 1.63. The van der Waals surface area contributed by atoms with Crippen LogP contribution in [0, 0.1) is 5.92 Å². The molecule has 0 bridgehead atoms. The SMILES string of the molecule is O=C(Nc1cccc2ccccc12)C1CCN(Cc2nc(-c3ccccc3Cl)no2)CC1. The van der Waals surface area contributed by atoms with E-state index in [1.807, 2.05) is 48.5 Å². The van der Waals surface area contributed by atoms with Gasteiger partial charge in [0.1, 0.15) is 0 Å². The smallest absolute Gasteiger partial charge is 0.241 e. The van der Waals surface area contributed by atoms with Crippen molar-refractivity contribution in [1.82, 2.24) is 15.0 Å². The first-order valence-electron chi connectivity index (χ1n) is 10.8. The van der Waals surface area contributed by atoms with E-state index in [4.69, 9.17) is 16.1 Å². The van der Waals surface area contributed by atoms with Gasteiger partial charge in [-0.05, 0) is 49.5 Å². The highest BCUT2D eigenvalue weighted by Gasteiger charge is 2.26. The Labute approximate surface area is 191 Å². The fourth-order valence-corrected chi connectivity index (χ4v) is 4.41. The number of benzene rings is 3. The monoisotopic (exact) mass is 446 g/mol. The van der Waals surface area contributed by atoms with Gasteiger partial charge in [0.05, 0.1) is 11.6 Å². The molecule has 0 saturated carbocycles. The summed E-state index contributed by atoms with van der Waals surface area (Å²) in [6.07, 6.45) is 1.59. The lowest BCUT2D eigenvalue weighted by Crippen LogP contribution is -2.37. The molecule has 32 heavy (non-hydrogen) atoms. The van der Waals surface area contributed by atoms with Gasteiger partial charge < -0.3 is 9.84 Å². The summed E-state index contributed by atoms with van der Waals surface area (Å²) in [6.45, 7) is 2.17. The highest BCUT2D eigenvalue weighted by Crippen LogP contribution is 2.27.